The fourth-order valence-electron chi connectivity index (χ4n) is 4.18. The van der Waals surface area contributed by atoms with Gasteiger partial charge in [0.1, 0.15) is 17.2 Å². The highest BCUT2D eigenvalue weighted by Crippen LogP contribution is 2.37. The van der Waals surface area contributed by atoms with E-state index in [1.807, 2.05) is 0 Å². The number of fused-ring (bicyclic) bond motifs is 3. The van der Waals surface area contributed by atoms with Gasteiger partial charge in [0.15, 0.2) is 29.1 Å². The van der Waals surface area contributed by atoms with Gasteiger partial charge >= 0.3 is 0 Å². The first-order chi connectivity index (χ1) is 17.6. The summed E-state index contributed by atoms with van der Waals surface area (Å²) in [5.74, 6) is -11.9. The van der Waals surface area contributed by atoms with Crippen molar-refractivity contribution in [2.45, 2.75) is 19.3 Å². The number of rotatable bonds is 4. The summed E-state index contributed by atoms with van der Waals surface area (Å²) in [6, 6.07) is 10.6. The van der Waals surface area contributed by atoms with Gasteiger partial charge in [-0.25, -0.2) is 31.9 Å². The van der Waals surface area contributed by atoms with Crippen molar-refractivity contribution in [1.29, 1.82) is 0 Å². The highest BCUT2D eigenvalue weighted by atomic mass is 19.2. The molecule has 0 radical (unpaired) electrons. The molecular weight excluding hydrogens is 497 g/mol. The predicted molar refractivity (Wildman–Crippen MR) is 122 cm³/mol. The van der Waals surface area contributed by atoms with E-state index in [0.717, 1.165) is 5.56 Å². The normalized spacial score (nSPS) is 12.1. The van der Waals surface area contributed by atoms with Crippen LogP contribution in [0.4, 0.5) is 27.8 Å². The number of nitrogens with one attached hydrogen (secondary N) is 1. The highest BCUT2D eigenvalue weighted by Gasteiger charge is 2.28. The Hall–Kier alpha value is -4.54. The number of halogens is 5. The van der Waals surface area contributed by atoms with E-state index in [1.165, 1.54) is 30.3 Å². The van der Waals surface area contributed by atoms with E-state index in [9.17, 15) is 37.0 Å². The van der Waals surface area contributed by atoms with Crippen LogP contribution in [-0.2, 0) is 24.1 Å². The topological polar surface area (TPSA) is 95.3 Å². The molecule has 1 aliphatic rings. The van der Waals surface area contributed by atoms with E-state index in [2.05, 4.69) is 15.3 Å². The van der Waals surface area contributed by atoms with Gasteiger partial charge in [-0.3, -0.25) is 4.79 Å². The van der Waals surface area contributed by atoms with Gasteiger partial charge in [0.25, 0.3) is 0 Å². The summed E-state index contributed by atoms with van der Waals surface area (Å²) in [6.45, 7) is 0. The number of phenolic OH excluding ortho intramolecular Hbond substituents is 2. The molecule has 6 nitrogen and oxygen atoms in total. The second kappa shape index (κ2) is 9.16. The smallest absolute Gasteiger partial charge is 0.230 e. The van der Waals surface area contributed by atoms with Gasteiger partial charge in [0.2, 0.25) is 11.7 Å². The predicted octanol–water partition coefficient (Wildman–Crippen LogP) is 5.20. The maximum atomic E-state index is 14.1. The van der Waals surface area contributed by atoms with Gasteiger partial charge in [-0.2, -0.15) is 0 Å². The lowest BCUT2D eigenvalue weighted by Gasteiger charge is -2.21. The molecule has 1 aromatic heterocycles. The maximum Gasteiger partial charge on any atom is 0.230 e. The Kier molecular flexibility index (Phi) is 5.98. The second-order valence-corrected chi connectivity index (χ2v) is 8.38. The summed E-state index contributed by atoms with van der Waals surface area (Å²) >= 11 is 0. The van der Waals surface area contributed by atoms with Gasteiger partial charge < -0.3 is 15.5 Å². The first-order valence-corrected chi connectivity index (χ1v) is 11.0. The number of amides is 1. The Balaban J connectivity index is 1.57. The monoisotopic (exact) mass is 513 g/mol. The molecule has 37 heavy (non-hydrogen) atoms. The highest BCUT2D eigenvalue weighted by molar-refractivity contribution is 5.95. The van der Waals surface area contributed by atoms with Crippen molar-refractivity contribution in [1.82, 2.24) is 9.97 Å². The van der Waals surface area contributed by atoms with Gasteiger partial charge in [-0.15, -0.1) is 0 Å². The van der Waals surface area contributed by atoms with Crippen LogP contribution in [0.25, 0.3) is 22.5 Å². The number of phenols is 2. The average molecular weight is 513 g/mol. The molecule has 0 fully saturated rings. The maximum absolute atomic E-state index is 14.1. The van der Waals surface area contributed by atoms with Crippen molar-refractivity contribution in [2.24, 2.45) is 0 Å². The summed E-state index contributed by atoms with van der Waals surface area (Å²) in [4.78, 5) is 21.9. The molecule has 0 bridgehead atoms. The molecule has 3 aromatic carbocycles. The van der Waals surface area contributed by atoms with Gasteiger partial charge in [-0.1, -0.05) is 0 Å². The summed E-state index contributed by atoms with van der Waals surface area (Å²) in [6.07, 6.45) is -0.237. The van der Waals surface area contributed by atoms with Crippen LogP contribution in [0.15, 0.2) is 42.5 Å². The molecule has 5 rings (SSSR count). The van der Waals surface area contributed by atoms with Crippen molar-refractivity contribution in [3.8, 4) is 34.0 Å². The first kappa shape index (κ1) is 24.2. The van der Waals surface area contributed by atoms with Crippen LogP contribution < -0.4 is 5.32 Å². The summed E-state index contributed by atoms with van der Waals surface area (Å²) in [5, 5.41) is 21.9. The number of carbonyl (C=O) groups is 1. The number of hydrogen-bond donors (Lipinski definition) is 3. The molecular formula is C26H16F5N3O3. The zero-order chi connectivity index (χ0) is 26.4. The largest absolute Gasteiger partial charge is 0.508 e. The molecule has 0 unspecified atom stereocenters. The molecule has 0 saturated carbocycles. The summed E-state index contributed by atoms with van der Waals surface area (Å²) in [7, 11) is 0. The van der Waals surface area contributed by atoms with Gasteiger partial charge in [0, 0.05) is 16.7 Å². The number of anilines is 1. The van der Waals surface area contributed by atoms with Crippen LogP contribution >= 0.6 is 0 Å². The fourth-order valence-corrected chi connectivity index (χ4v) is 4.18. The van der Waals surface area contributed by atoms with Crippen LogP contribution in [0.1, 0.15) is 16.8 Å². The molecule has 4 aromatic rings. The van der Waals surface area contributed by atoms with Crippen LogP contribution in [-0.4, -0.2) is 26.1 Å². The minimum atomic E-state index is -2.32. The standard InChI is InChI=1S/C26H16F5N3O3/c27-19-16(20(28)22(30)23(31)21(19)29)10-18(37)33-26-24(11-1-4-13(35)5-2-11)34-25-15-7-6-14(36)9-12(15)3-8-17(25)32-26/h1-2,4-7,9,35-36H,3,8,10H2,(H,32,33,37). The van der Waals surface area contributed by atoms with E-state index < -0.39 is 47.0 Å². The minimum Gasteiger partial charge on any atom is -0.508 e. The first-order valence-electron chi connectivity index (χ1n) is 11.0. The molecule has 0 saturated heterocycles. The Morgan fingerprint density at radius 3 is 2.08 bits per heavy atom. The summed E-state index contributed by atoms with van der Waals surface area (Å²) < 4.78 is 68.7. The number of aromatic nitrogens is 2. The van der Waals surface area contributed by atoms with Crippen molar-refractivity contribution < 1.29 is 37.0 Å². The number of benzene rings is 3. The van der Waals surface area contributed by atoms with Gasteiger partial charge in [-0.05, 0) is 60.9 Å². The third kappa shape index (κ3) is 4.32. The quantitative estimate of drug-likeness (QED) is 0.198. The lowest BCUT2D eigenvalue weighted by molar-refractivity contribution is -0.115. The zero-order valence-electron chi connectivity index (χ0n) is 18.7. The molecule has 3 N–H and O–H groups in total. The van der Waals surface area contributed by atoms with Crippen LogP contribution in [0, 0.1) is 29.1 Å². The van der Waals surface area contributed by atoms with Gasteiger partial charge in [0.05, 0.1) is 17.8 Å². The van der Waals surface area contributed by atoms with Crippen molar-refractivity contribution in [2.75, 3.05) is 5.32 Å². The lowest BCUT2D eigenvalue weighted by atomic mass is 9.91. The number of aryl methyl sites for hydroxylation is 2. The molecule has 0 spiro atoms. The molecule has 0 aliphatic heterocycles. The second-order valence-electron chi connectivity index (χ2n) is 8.38. The Labute approximate surface area is 206 Å². The molecule has 0 atom stereocenters. The lowest BCUT2D eigenvalue weighted by Crippen LogP contribution is -2.21. The van der Waals surface area contributed by atoms with Crippen molar-refractivity contribution >= 4 is 11.7 Å². The van der Waals surface area contributed by atoms with E-state index in [0.29, 0.717) is 35.4 Å². The molecule has 1 amide bonds. The van der Waals surface area contributed by atoms with E-state index in [4.69, 9.17) is 0 Å². The van der Waals surface area contributed by atoms with E-state index in [1.54, 1.807) is 12.1 Å². The van der Waals surface area contributed by atoms with Crippen LogP contribution in [0.5, 0.6) is 11.5 Å². The molecule has 1 heterocycles. The van der Waals surface area contributed by atoms with Crippen LogP contribution in [0.2, 0.25) is 0 Å². The van der Waals surface area contributed by atoms with E-state index in [-0.39, 0.29) is 23.0 Å². The third-order valence-electron chi connectivity index (χ3n) is 5.98. The van der Waals surface area contributed by atoms with Crippen LogP contribution in [0.3, 0.4) is 0 Å². The SMILES string of the molecule is O=C(Cc1c(F)c(F)c(F)c(F)c1F)Nc1nc2c(nc1-c1ccc(O)cc1)-c1ccc(O)cc1CC2. The zero-order valence-corrected chi connectivity index (χ0v) is 18.7. The number of aromatic hydroxyl groups is 2. The average Bonchev–Trinajstić information content (AvgIpc) is 2.88. The minimum absolute atomic E-state index is 0.0348. The Morgan fingerprint density at radius 1 is 0.784 bits per heavy atom. The fraction of sp³-hybridized carbons (Fsp3) is 0.115. The molecule has 11 heteroatoms. The summed E-state index contributed by atoms with van der Waals surface area (Å²) in [5.41, 5.74) is 1.82. The number of nitrogens with zero attached hydrogens (tertiary/aromatic N) is 2. The van der Waals surface area contributed by atoms with Crippen molar-refractivity contribution in [3.05, 3.63) is 88.4 Å². The van der Waals surface area contributed by atoms with Crippen molar-refractivity contribution in [3.63, 3.8) is 0 Å². The Morgan fingerprint density at radius 2 is 1.41 bits per heavy atom. The molecule has 1 aliphatic carbocycles. The van der Waals surface area contributed by atoms with E-state index >= 15 is 0 Å². The number of hydrogen-bond acceptors (Lipinski definition) is 5. The third-order valence-corrected chi connectivity index (χ3v) is 5.98. The number of carbonyl (C=O) groups excluding carboxylic acids is 1. The Bertz CT molecular complexity index is 1550. The molecule has 188 valence electrons.